The van der Waals surface area contributed by atoms with Crippen molar-refractivity contribution in [2.75, 3.05) is 0 Å². The molecule has 0 N–H and O–H groups in total. The van der Waals surface area contributed by atoms with Gasteiger partial charge in [-0.2, -0.15) is 0 Å². The van der Waals surface area contributed by atoms with Crippen LogP contribution in [0.25, 0.3) is 16.8 Å². The second kappa shape index (κ2) is 4.44. The number of aromatic nitrogens is 1. The van der Waals surface area contributed by atoms with Crippen LogP contribution in [0.4, 0.5) is 0 Å². The van der Waals surface area contributed by atoms with Gasteiger partial charge in [-0.05, 0) is 0 Å². The van der Waals surface area contributed by atoms with Crippen LogP contribution in [0.2, 0.25) is 18.8 Å². The molecule has 1 aliphatic carbocycles. The molecule has 1 aromatic heterocycles. The summed E-state index contributed by atoms with van der Waals surface area (Å²) < 4.78 is 0.134. The van der Waals surface area contributed by atoms with Gasteiger partial charge in [0.05, 0.1) is 0 Å². The van der Waals surface area contributed by atoms with Crippen molar-refractivity contribution in [1.82, 2.24) is 4.98 Å². The fourth-order valence-corrected chi connectivity index (χ4v) is 7.26. The Hall–Kier alpha value is -1.16. The van der Waals surface area contributed by atoms with E-state index in [2.05, 4.69) is 25.9 Å². The first-order valence-electron chi connectivity index (χ1n) is 6.58. The number of hydrogen-bond donors (Lipinski definition) is 0. The molecular weight excluding hydrogens is 341 g/mol. The zero-order valence-corrected chi connectivity index (χ0v) is 14.3. The van der Waals surface area contributed by atoms with E-state index < -0.39 is 18.4 Å². The molecule has 2 aromatic rings. The first kappa shape index (κ1) is 12.9. The number of ketones is 1. The molecule has 1 aliphatic rings. The van der Waals surface area contributed by atoms with Crippen molar-refractivity contribution in [3.63, 3.8) is 0 Å². The summed E-state index contributed by atoms with van der Waals surface area (Å²) in [4.78, 5) is 24.2. The molecule has 0 fully saturated rings. The topological polar surface area (TPSA) is 30.0 Å². The van der Waals surface area contributed by atoms with Gasteiger partial charge in [-0.3, -0.25) is 0 Å². The Balaban J connectivity index is 2.27. The molecule has 0 saturated heterocycles. The number of Topliss-reactive ketones (excluding diaryl/α,β-unsaturated/α-hetero) is 1. The van der Waals surface area contributed by atoms with E-state index in [1.165, 1.54) is 0 Å². The molecule has 0 radical (unpaired) electrons. The average Bonchev–Trinajstić information content (AvgIpc) is 2.37. The van der Waals surface area contributed by atoms with Gasteiger partial charge in [-0.1, -0.05) is 0 Å². The maximum atomic E-state index is 12.8. The summed E-state index contributed by atoms with van der Waals surface area (Å²) in [5, 5.41) is 2.09. The molecule has 3 rings (SSSR count). The van der Waals surface area contributed by atoms with Crippen molar-refractivity contribution >= 4 is 41.0 Å². The van der Waals surface area contributed by atoms with Crippen LogP contribution in [0.5, 0.6) is 0 Å². The van der Waals surface area contributed by atoms with Crippen LogP contribution in [0.15, 0.2) is 36.5 Å². The van der Waals surface area contributed by atoms with Crippen molar-refractivity contribution < 1.29 is 4.79 Å². The van der Waals surface area contributed by atoms with Crippen molar-refractivity contribution in [1.29, 1.82) is 0 Å². The molecule has 1 aromatic carbocycles. The van der Waals surface area contributed by atoms with Crippen LogP contribution in [-0.2, 0) is 0 Å². The van der Waals surface area contributed by atoms with E-state index in [0.717, 1.165) is 22.0 Å². The van der Waals surface area contributed by atoms with Gasteiger partial charge in [-0.25, -0.2) is 0 Å². The number of allylic oxidation sites excluding steroid dienone is 1. The molecule has 1 atom stereocenters. The van der Waals surface area contributed by atoms with Crippen LogP contribution in [0.3, 0.4) is 0 Å². The molecule has 0 aliphatic heterocycles. The molecule has 0 spiro atoms. The van der Waals surface area contributed by atoms with E-state index >= 15 is 0 Å². The van der Waals surface area contributed by atoms with Gasteiger partial charge in [0.25, 0.3) is 0 Å². The molecule has 19 heavy (non-hydrogen) atoms. The Kier molecular flexibility index (Phi) is 3.00. The number of hydrogen-bond acceptors (Lipinski definition) is 2. The zero-order valence-electron chi connectivity index (χ0n) is 11.5. The van der Waals surface area contributed by atoms with Gasteiger partial charge in [0, 0.05) is 0 Å². The standard InChI is InChI=1S/C13H8NO.3CH3.Sn/c15-12-7-3-6-11-13(12)10-5-2-1-4-9(10)8-14-11;;;;/h1-8H;3*1H3;. The quantitative estimate of drug-likeness (QED) is 0.717. The van der Waals surface area contributed by atoms with Crippen LogP contribution in [0, 0.1) is 0 Å². The van der Waals surface area contributed by atoms with Crippen molar-refractivity contribution in [2.45, 2.75) is 18.8 Å². The number of carbonyl (C=O) groups is 1. The normalized spacial score (nSPS) is 18.7. The molecule has 96 valence electrons. The summed E-state index contributed by atoms with van der Waals surface area (Å²) >= 11 is -2.29. The van der Waals surface area contributed by atoms with Gasteiger partial charge in [0.2, 0.25) is 0 Å². The molecule has 0 saturated carbocycles. The fourth-order valence-electron chi connectivity index (χ4n) is 2.68. The Bertz CT molecular complexity index is 697. The van der Waals surface area contributed by atoms with E-state index in [4.69, 9.17) is 0 Å². The number of rotatable bonds is 1. The average molecular weight is 358 g/mol. The third-order valence-corrected chi connectivity index (χ3v) is 10.4. The molecule has 0 amide bonds. The van der Waals surface area contributed by atoms with Gasteiger partial charge < -0.3 is 0 Å². The van der Waals surface area contributed by atoms with E-state index in [9.17, 15) is 4.79 Å². The van der Waals surface area contributed by atoms with E-state index in [1.807, 2.05) is 36.5 Å². The van der Waals surface area contributed by atoms with E-state index in [1.54, 1.807) is 0 Å². The summed E-state index contributed by atoms with van der Waals surface area (Å²) in [7, 11) is 0. The van der Waals surface area contributed by atoms with Gasteiger partial charge in [0.1, 0.15) is 0 Å². The SMILES string of the molecule is [CH3][Sn]([CH3])([CH3])[CH]1C=Cc2ncc3ccccc3c2C1=O. The first-order valence-corrected chi connectivity index (χ1v) is 16.8. The molecule has 2 nitrogen and oxygen atoms in total. The molecule has 1 heterocycles. The molecular formula is C16H17NOSn. The second-order valence-corrected chi connectivity index (χ2v) is 21.5. The Labute approximate surface area is 117 Å². The second-order valence-electron chi connectivity index (χ2n) is 6.17. The monoisotopic (exact) mass is 359 g/mol. The summed E-state index contributed by atoms with van der Waals surface area (Å²) in [6.45, 7) is 0. The van der Waals surface area contributed by atoms with Crippen LogP contribution in [-0.4, -0.2) is 29.1 Å². The predicted molar refractivity (Wildman–Crippen MR) is 82.2 cm³/mol. The van der Waals surface area contributed by atoms with E-state index in [0.29, 0.717) is 0 Å². The number of pyridine rings is 1. The number of carbonyl (C=O) groups excluding carboxylic acids is 1. The van der Waals surface area contributed by atoms with Crippen LogP contribution in [0.1, 0.15) is 16.1 Å². The van der Waals surface area contributed by atoms with E-state index in [-0.39, 0.29) is 9.72 Å². The summed E-state index contributed by atoms with van der Waals surface area (Å²) in [5.41, 5.74) is 1.66. The van der Waals surface area contributed by atoms with Crippen molar-refractivity contribution in [2.24, 2.45) is 0 Å². The number of nitrogens with zero attached hydrogens (tertiary/aromatic N) is 1. The molecule has 0 bridgehead atoms. The zero-order chi connectivity index (χ0) is 13.6. The van der Waals surface area contributed by atoms with Gasteiger partial charge in [-0.15, -0.1) is 0 Å². The minimum absolute atomic E-state index is 0.134. The van der Waals surface area contributed by atoms with Gasteiger partial charge in [0.15, 0.2) is 0 Å². The minimum atomic E-state index is -2.29. The van der Waals surface area contributed by atoms with Crippen LogP contribution >= 0.6 is 0 Å². The summed E-state index contributed by atoms with van der Waals surface area (Å²) in [5.74, 6) is 0.283. The third kappa shape index (κ3) is 2.12. The fraction of sp³-hybridized carbons (Fsp3) is 0.250. The summed E-state index contributed by atoms with van der Waals surface area (Å²) in [6.07, 6.45) is 5.98. The van der Waals surface area contributed by atoms with Crippen molar-refractivity contribution in [3.8, 4) is 0 Å². The first-order chi connectivity index (χ1) is 8.98. The molecule has 1 unspecified atom stereocenters. The molecule has 3 heteroatoms. The van der Waals surface area contributed by atoms with Crippen LogP contribution < -0.4 is 0 Å². The maximum absolute atomic E-state index is 12.8. The predicted octanol–water partition coefficient (Wildman–Crippen LogP) is 4.15. The number of fused-ring (bicyclic) bond motifs is 3. The Morgan fingerprint density at radius 2 is 1.89 bits per heavy atom. The summed E-state index contributed by atoms with van der Waals surface area (Å²) in [6, 6.07) is 8.02. The third-order valence-electron chi connectivity index (χ3n) is 3.74. The van der Waals surface area contributed by atoms with Crippen molar-refractivity contribution in [3.05, 3.63) is 47.8 Å². The van der Waals surface area contributed by atoms with Gasteiger partial charge >= 0.3 is 117 Å². The Morgan fingerprint density at radius 1 is 1.16 bits per heavy atom. The number of benzene rings is 1. The Morgan fingerprint density at radius 3 is 2.63 bits per heavy atom.